The Bertz CT molecular complexity index is 905. The van der Waals surface area contributed by atoms with Crippen LogP contribution in [0, 0.1) is 0 Å². The summed E-state index contributed by atoms with van der Waals surface area (Å²) in [6, 6.07) is 1.47. The van der Waals surface area contributed by atoms with Gasteiger partial charge in [0.15, 0.2) is 0 Å². The predicted molar refractivity (Wildman–Crippen MR) is 75.3 cm³/mol. The van der Waals surface area contributed by atoms with Crippen molar-refractivity contribution in [3.05, 3.63) is 18.2 Å². The minimum atomic E-state index is -5.91. The number of alkyl halides is 6. The fourth-order valence-electron chi connectivity index (χ4n) is 1.69. The number of hydrogen-bond acceptors (Lipinski definition) is 7. The zero-order chi connectivity index (χ0) is 19.2. The lowest BCUT2D eigenvalue weighted by Crippen LogP contribution is -2.23. The van der Waals surface area contributed by atoms with Gasteiger partial charge in [-0.2, -0.15) is 36.0 Å². The van der Waals surface area contributed by atoms with Gasteiger partial charge >= 0.3 is 11.0 Å². The number of nitrogens with zero attached hydrogens (tertiary/aromatic N) is 3. The van der Waals surface area contributed by atoms with E-state index in [1.165, 1.54) is 0 Å². The third-order valence-corrected chi connectivity index (χ3v) is 4.78. The molecule has 0 saturated carbocycles. The Hall–Kier alpha value is -2.16. The van der Waals surface area contributed by atoms with Crippen molar-refractivity contribution >= 4 is 33.5 Å². The van der Waals surface area contributed by atoms with E-state index in [4.69, 9.17) is 11.5 Å². The average Bonchev–Trinajstić information content (AvgIpc) is 2.74. The molecule has 0 aliphatic carbocycles. The van der Waals surface area contributed by atoms with Crippen LogP contribution in [0.4, 0.5) is 38.2 Å². The highest BCUT2D eigenvalue weighted by molar-refractivity contribution is 8.00. The maximum Gasteiger partial charge on any atom is 0.501 e. The monoisotopic (exact) mass is 407 g/mol. The van der Waals surface area contributed by atoms with E-state index in [-0.39, 0.29) is 6.07 Å². The van der Waals surface area contributed by atoms with E-state index >= 15 is 0 Å². The minimum absolute atomic E-state index is 0.251. The van der Waals surface area contributed by atoms with Crippen molar-refractivity contribution in [2.24, 2.45) is 0 Å². The molecule has 0 amide bonds. The molecule has 2 aromatic rings. The lowest BCUT2D eigenvalue weighted by Gasteiger charge is -2.13. The number of halogens is 6. The Morgan fingerprint density at radius 1 is 1.04 bits per heavy atom. The number of hydrogen-bond donors (Lipinski definition) is 2. The van der Waals surface area contributed by atoms with E-state index in [1.54, 1.807) is 0 Å². The van der Waals surface area contributed by atoms with Crippen molar-refractivity contribution in [2.45, 2.75) is 20.8 Å². The highest BCUT2D eigenvalue weighted by Gasteiger charge is 2.47. The molecule has 1 aromatic carbocycles. The fraction of sp³-hybridized carbons (Fsp3) is 0.200. The van der Waals surface area contributed by atoms with E-state index in [0.717, 1.165) is 6.07 Å². The normalized spacial score (nSPS) is 13.2. The van der Waals surface area contributed by atoms with Crippen LogP contribution < -0.4 is 11.5 Å². The first-order valence-electron chi connectivity index (χ1n) is 5.91. The van der Waals surface area contributed by atoms with Crippen LogP contribution >= 0.6 is 11.8 Å². The first kappa shape index (κ1) is 19.2. The molecule has 4 N–H and O–H groups in total. The van der Waals surface area contributed by atoms with E-state index in [1.807, 2.05) is 0 Å². The summed E-state index contributed by atoms with van der Waals surface area (Å²) in [4.78, 5) is 1.22. The van der Waals surface area contributed by atoms with E-state index in [9.17, 15) is 34.8 Å². The largest absolute Gasteiger partial charge is 0.501 e. The molecule has 0 bridgehead atoms. The van der Waals surface area contributed by atoms with Crippen molar-refractivity contribution in [3.8, 4) is 5.69 Å². The zero-order valence-corrected chi connectivity index (χ0v) is 13.3. The highest BCUT2D eigenvalue weighted by atomic mass is 32.2. The summed E-state index contributed by atoms with van der Waals surface area (Å²) >= 11 is -0.802. The number of nitrogen functional groups attached to an aromatic ring is 2. The lowest BCUT2D eigenvalue weighted by atomic mass is 10.3. The molecule has 0 radical (unpaired) electrons. The topological polar surface area (TPSA) is 117 Å². The van der Waals surface area contributed by atoms with E-state index < -0.39 is 60.0 Å². The summed E-state index contributed by atoms with van der Waals surface area (Å²) in [5, 5.41) is 3.50. The van der Waals surface area contributed by atoms with Gasteiger partial charge in [0, 0.05) is 4.90 Å². The molecule has 138 valence electrons. The van der Waals surface area contributed by atoms with Crippen LogP contribution in [0.15, 0.2) is 28.0 Å². The van der Waals surface area contributed by atoms with E-state index in [2.05, 4.69) is 10.1 Å². The van der Waals surface area contributed by atoms with Gasteiger partial charge in [0.1, 0.15) is 0 Å². The Labute approximate surface area is 139 Å². The number of nitrogens with two attached hydrogens (primary N) is 2. The molecule has 0 aliphatic rings. The number of rotatable bonds is 3. The average molecular weight is 407 g/mol. The van der Waals surface area contributed by atoms with Crippen molar-refractivity contribution < 1.29 is 34.8 Å². The summed E-state index contributed by atoms with van der Waals surface area (Å²) in [6.07, 6.45) is 0. The number of aromatic nitrogens is 3. The van der Waals surface area contributed by atoms with Crippen molar-refractivity contribution in [1.29, 1.82) is 0 Å². The number of anilines is 2. The van der Waals surface area contributed by atoms with Crippen LogP contribution in [0.5, 0.6) is 0 Å². The standard InChI is InChI=1S/C10H7F6N5O2S2/c11-9(12,13)24-5-1-4(21-8(18)19-7(17)20-21)2-6(3-5)25(22,23)10(14,15)16/h1-3H,(H4,17,18,19,20). The second-order valence-electron chi connectivity index (χ2n) is 4.40. The Kier molecular flexibility index (Phi) is 4.58. The molecule has 0 aliphatic heterocycles. The second-order valence-corrected chi connectivity index (χ2v) is 7.48. The van der Waals surface area contributed by atoms with Gasteiger partial charge in [-0.15, -0.1) is 5.10 Å². The van der Waals surface area contributed by atoms with Gasteiger partial charge in [-0.1, -0.05) is 0 Å². The molecule has 2 rings (SSSR count). The summed E-state index contributed by atoms with van der Waals surface area (Å²) in [7, 11) is -5.91. The van der Waals surface area contributed by atoms with Gasteiger partial charge in [0.05, 0.1) is 10.6 Å². The zero-order valence-electron chi connectivity index (χ0n) is 11.6. The number of sulfone groups is 1. The number of thioether (sulfide) groups is 1. The predicted octanol–water partition coefficient (Wildman–Crippen LogP) is 2.34. The molecule has 7 nitrogen and oxygen atoms in total. The van der Waals surface area contributed by atoms with E-state index in [0.29, 0.717) is 10.7 Å². The van der Waals surface area contributed by atoms with Gasteiger partial charge < -0.3 is 11.5 Å². The van der Waals surface area contributed by atoms with Crippen LogP contribution in [0.3, 0.4) is 0 Å². The maximum absolute atomic E-state index is 12.7. The molecule has 15 heteroatoms. The molecule has 25 heavy (non-hydrogen) atoms. The molecule has 1 aromatic heterocycles. The third kappa shape index (κ3) is 4.09. The van der Waals surface area contributed by atoms with Crippen LogP contribution in [0.1, 0.15) is 0 Å². The minimum Gasteiger partial charge on any atom is -0.368 e. The third-order valence-electron chi connectivity index (χ3n) is 2.61. The molecule has 0 spiro atoms. The first-order valence-corrected chi connectivity index (χ1v) is 8.21. The fourth-order valence-corrected chi connectivity index (χ4v) is 3.22. The van der Waals surface area contributed by atoms with Gasteiger partial charge in [-0.25, -0.2) is 8.42 Å². The van der Waals surface area contributed by atoms with Crippen molar-refractivity contribution in [3.63, 3.8) is 0 Å². The molecular formula is C10H7F6N5O2S2. The summed E-state index contributed by atoms with van der Waals surface area (Å²) in [6.45, 7) is 0. The van der Waals surface area contributed by atoms with Gasteiger partial charge in [-0.3, -0.25) is 0 Å². The van der Waals surface area contributed by atoms with Crippen molar-refractivity contribution in [2.75, 3.05) is 11.5 Å². The van der Waals surface area contributed by atoms with Crippen LogP contribution in [0.25, 0.3) is 5.69 Å². The summed E-state index contributed by atoms with van der Waals surface area (Å²) in [5.74, 6) is -0.867. The van der Waals surface area contributed by atoms with Crippen LogP contribution in [-0.4, -0.2) is 34.2 Å². The van der Waals surface area contributed by atoms with Gasteiger partial charge in [0.25, 0.3) is 9.84 Å². The Balaban J connectivity index is 2.71. The molecule has 0 saturated heterocycles. The van der Waals surface area contributed by atoms with Crippen LogP contribution in [-0.2, 0) is 9.84 Å². The maximum atomic E-state index is 12.7. The lowest BCUT2D eigenvalue weighted by molar-refractivity contribution is -0.0436. The smallest absolute Gasteiger partial charge is 0.368 e. The number of benzene rings is 1. The molecule has 1 heterocycles. The van der Waals surface area contributed by atoms with Crippen molar-refractivity contribution in [1.82, 2.24) is 14.8 Å². The molecular weight excluding hydrogens is 400 g/mol. The SMILES string of the molecule is Nc1nc(N)n(-c2cc(SC(F)(F)F)cc(S(=O)(=O)C(F)(F)F)c2)n1. The summed E-state index contributed by atoms with van der Waals surface area (Å²) in [5.41, 5.74) is -0.420. The van der Waals surface area contributed by atoms with Crippen LogP contribution in [0.2, 0.25) is 0 Å². The van der Waals surface area contributed by atoms with Gasteiger partial charge in [-0.05, 0) is 30.0 Å². The van der Waals surface area contributed by atoms with Gasteiger partial charge in [0.2, 0.25) is 11.9 Å². The highest BCUT2D eigenvalue weighted by Crippen LogP contribution is 2.40. The quantitative estimate of drug-likeness (QED) is 0.592. The Morgan fingerprint density at radius 2 is 1.64 bits per heavy atom. The summed E-state index contributed by atoms with van der Waals surface area (Å²) < 4.78 is 99.4. The molecule has 0 fully saturated rings. The molecule has 0 atom stereocenters. The molecule has 0 unspecified atom stereocenters. The second kappa shape index (κ2) is 5.98. The Morgan fingerprint density at radius 3 is 2.08 bits per heavy atom. The first-order chi connectivity index (χ1) is 11.2.